The second-order valence-electron chi connectivity index (χ2n) is 3.90. The lowest BCUT2D eigenvalue weighted by Gasteiger charge is -2.14. The smallest absolute Gasteiger partial charge is 0.345 e. The number of anilines is 1. The summed E-state index contributed by atoms with van der Waals surface area (Å²) >= 11 is 3.17. The molecule has 21 heavy (non-hydrogen) atoms. The summed E-state index contributed by atoms with van der Waals surface area (Å²) in [5.41, 5.74) is 0.625. The number of carbonyl (C=O) groups excluding carboxylic acids is 1. The van der Waals surface area contributed by atoms with E-state index in [2.05, 4.69) is 31.2 Å². The topological polar surface area (TPSA) is 76.6 Å². The lowest BCUT2D eigenvalue weighted by molar-refractivity contribution is -0.0598. The molecule has 1 aromatic carbocycles. The number of ether oxygens (including phenoxy) is 1. The molecule has 1 heterocycles. The van der Waals surface area contributed by atoms with Crippen molar-refractivity contribution in [3.8, 4) is 11.6 Å². The summed E-state index contributed by atoms with van der Waals surface area (Å²) in [5.74, 6) is 1.02. The van der Waals surface area contributed by atoms with E-state index in [1.807, 2.05) is 0 Å². The van der Waals surface area contributed by atoms with Crippen LogP contribution < -0.4 is 10.1 Å². The second-order valence-corrected chi connectivity index (χ2v) is 4.61. The zero-order valence-corrected chi connectivity index (χ0v) is 13.0. The van der Waals surface area contributed by atoms with Crippen molar-refractivity contribution in [3.05, 3.63) is 41.3 Å². The van der Waals surface area contributed by atoms with Crippen LogP contribution in [0.2, 0.25) is 0 Å². The Balaban J connectivity index is 2.00. The third kappa shape index (κ3) is 4.40. The SMILES string of the molecule is CON(C)C(=O)Nc1ccc(Oc2ccnc(Br)n2)cc1. The van der Waals surface area contributed by atoms with E-state index >= 15 is 0 Å². The normalized spacial score (nSPS) is 10.0. The van der Waals surface area contributed by atoms with Crippen LogP contribution in [-0.2, 0) is 4.84 Å². The minimum absolute atomic E-state index is 0.370. The van der Waals surface area contributed by atoms with E-state index in [-0.39, 0.29) is 6.03 Å². The predicted octanol–water partition coefficient (Wildman–Crippen LogP) is 3.06. The molecule has 2 amide bonds. The van der Waals surface area contributed by atoms with E-state index in [0.29, 0.717) is 22.1 Å². The predicted molar refractivity (Wildman–Crippen MR) is 80.0 cm³/mol. The van der Waals surface area contributed by atoms with Gasteiger partial charge in [0.15, 0.2) is 4.73 Å². The number of halogens is 1. The van der Waals surface area contributed by atoms with Crippen LogP contribution >= 0.6 is 15.9 Å². The highest BCUT2D eigenvalue weighted by molar-refractivity contribution is 9.10. The molecule has 0 radical (unpaired) electrons. The van der Waals surface area contributed by atoms with E-state index in [1.165, 1.54) is 14.2 Å². The lowest BCUT2D eigenvalue weighted by atomic mass is 10.3. The Hall–Kier alpha value is -2.19. The first-order valence-electron chi connectivity index (χ1n) is 5.94. The molecule has 0 bridgehead atoms. The number of hydrogen-bond donors (Lipinski definition) is 1. The molecule has 0 saturated carbocycles. The molecule has 0 aliphatic carbocycles. The maximum atomic E-state index is 11.6. The standard InChI is InChI=1S/C13H13BrN4O3/c1-18(20-2)13(19)16-9-3-5-10(6-4-9)21-11-7-8-15-12(14)17-11/h3-8H,1-2H3,(H,16,19). The molecule has 1 aromatic heterocycles. The van der Waals surface area contributed by atoms with Gasteiger partial charge in [0.05, 0.1) is 7.11 Å². The highest BCUT2D eigenvalue weighted by Gasteiger charge is 2.07. The number of amides is 2. The number of carbonyl (C=O) groups is 1. The molecule has 8 heteroatoms. The molecule has 2 rings (SSSR count). The molecule has 0 atom stereocenters. The van der Waals surface area contributed by atoms with Gasteiger partial charge in [0.25, 0.3) is 0 Å². The first-order chi connectivity index (χ1) is 10.1. The molecular formula is C13H13BrN4O3. The van der Waals surface area contributed by atoms with Crippen LogP contribution in [0, 0.1) is 0 Å². The summed E-state index contributed by atoms with van der Waals surface area (Å²) in [5, 5.41) is 3.75. The molecule has 0 unspecified atom stereocenters. The van der Waals surface area contributed by atoms with Gasteiger partial charge >= 0.3 is 6.03 Å². The van der Waals surface area contributed by atoms with Crippen molar-refractivity contribution in [1.82, 2.24) is 15.0 Å². The Labute approximate surface area is 130 Å². The average molecular weight is 353 g/mol. The molecule has 0 saturated heterocycles. The minimum atomic E-state index is -0.370. The maximum Gasteiger partial charge on any atom is 0.345 e. The van der Waals surface area contributed by atoms with Crippen molar-refractivity contribution in [2.24, 2.45) is 0 Å². The molecule has 0 spiro atoms. The Bertz CT molecular complexity index is 621. The van der Waals surface area contributed by atoms with Crippen molar-refractivity contribution >= 4 is 27.6 Å². The molecule has 1 N–H and O–H groups in total. The van der Waals surface area contributed by atoms with Gasteiger partial charge in [-0.1, -0.05) is 0 Å². The Kier molecular flexibility index (Phi) is 5.07. The fraction of sp³-hybridized carbons (Fsp3) is 0.154. The number of hydroxylamine groups is 2. The number of rotatable bonds is 4. The molecule has 0 fully saturated rings. The number of urea groups is 1. The number of benzene rings is 1. The first-order valence-corrected chi connectivity index (χ1v) is 6.73. The monoisotopic (exact) mass is 352 g/mol. The van der Waals surface area contributed by atoms with Gasteiger partial charge in [-0.15, -0.1) is 0 Å². The molecule has 7 nitrogen and oxygen atoms in total. The van der Waals surface area contributed by atoms with Crippen LogP contribution in [0.25, 0.3) is 0 Å². The number of aromatic nitrogens is 2. The molecule has 2 aromatic rings. The summed E-state index contributed by atoms with van der Waals surface area (Å²) in [6.45, 7) is 0. The quantitative estimate of drug-likeness (QED) is 0.675. The van der Waals surface area contributed by atoms with Gasteiger partial charge in [0.1, 0.15) is 5.75 Å². The fourth-order valence-electron chi connectivity index (χ4n) is 1.39. The minimum Gasteiger partial charge on any atom is -0.439 e. The van der Waals surface area contributed by atoms with Crippen LogP contribution in [-0.4, -0.2) is 35.2 Å². The Morgan fingerprint density at radius 3 is 2.62 bits per heavy atom. The van der Waals surface area contributed by atoms with Crippen LogP contribution in [0.15, 0.2) is 41.3 Å². The van der Waals surface area contributed by atoms with Crippen LogP contribution in [0.3, 0.4) is 0 Å². The van der Waals surface area contributed by atoms with Crippen molar-refractivity contribution in [3.63, 3.8) is 0 Å². The van der Waals surface area contributed by atoms with Crippen LogP contribution in [0.4, 0.5) is 10.5 Å². The summed E-state index contributed by atoms with van der Waals surface area (Å²) in [6.07, 6.45) is 1.58. The van der Waals surface area contributed by atoms with Crippen molar-refractivity contribution < 1.29 is 14.4 Å². The van der Waals surface area contributed by atoms with E-state index in [1.54, 1.807) is 36.5 Å². The highest BCUT2D eigenvalue weighted by Crippen LogP contribution is 2.22. The van der Waals surface area contributed by atoms with Crippen molar-refractivity contribution in [2.75, 3.05) is 19.5 Å². The van der Waals surface area contributed by atoms with Crippen LogP contribution in [0.1, 0.15) is 0 Å². The summed E-state index contributed by atoms with van der Waals surface area (Å²) in [6, 6.07) is 8.15. The second kappa shape index (κ2) is 7.00. The van der Waals surface area contributed by atoms with Gasteiger partial charge in [-0.25, -0.2) is 14.8 Å². The van der Waals surface area contributed by atoms with Gasteiger partial charge in [-0.3, -0.25) is 4.84 Å². The zero-order valence-electron chi connectivity index (χ0n) is 11.4. The lowest BCUT2D eigenvalue weighted by Crippen LogP contribution is -2.30. The van der Waals surface area contributed by atoms with Gasteiger partial charge in [-0.05, 0) is 40.2 Å². The maximum absolute atomic E-state index is 11.6. The zero-order chi connectivity index (χ0) is 15.2. The van der Waals surface area contributed by atoms with Gasteiger partial charge in [0.2, 0.25) is 5.88 Å². The van der Waals surface area contributed by atoms with E-state index in [4.69, 9.17) is 9.57 Å². The van der Waals surface area contributed by atoms with E-state index in [0.717, 1.165) is 5.06 Å². The number of nitrogens with one attached hydrogen (secondary N) is 1. The number of nitrogens with zero attached hydrogens (tertiary/aromatic N) is 3. The van der Waals surface area contributed by atoms with Gasteiger partial charge < -0.3 is 10.1 Å². The van der Waals surface area contributed by atoms with Crippen molar-refractivity contribution in [2.45, 2.75) is 0 Å². The largest absolute Gasteiger partial charge is 0.439 e. The van der Waals surface area contributed by atoms with E-state index < -0.39 is 0 Å². The summed E-state index contributed by atoms with van der Waals surface area (Å²) in [7, 11) is 2.93. The first kappa shape index (κ1) is 15.2. The average Bonchev–Trinajstić information content (AvgIpc) is 2.48. The third-order valence-electron chi connectivity index (χ3n) is 2.49. The molecule has 0 aliphatic heterocycles. The van der Waals surface area contributed by atoms with Gasteiger partial charge in [0, 0.05) is 25.0 Å². The molecule has 110 valence electrons. The third-order valence-corrected chi connectivity index (χ3v) is 2.87. The molecular weight excluding hydrogens is 340 g/mol. The van der Waals surface area contributed by atoms with Gasteiger partial charge in [-0.2, -0.15) is 4.98 Å². The summed E-state index contributed by atoms with van der Waals surface area (Å²) < 4.78 is 6.01. The summed E-state index contributed by atoms with van der Waals surface area (Å²) in [4.78, 5) is 24.3. The van der Waals surface area contributed by atoms with Crippen molar-refractivity contribution in [1.29, 1.82) is 0 Å². The Morgan fingerprint density at radius 1 is 1.29 bits per heavy atom. The molecule has 0 aliphatic rings. The fourth-order valence-corrected chi connectivity index (χ4v) is 1.68. The van der Waals surface area contributed by atoms with E-state index in [9.17, 15) is 4.79 Å². The highest BCUT2D eigenvalue weighted by atomic mass is 79.9. The van der Waals surface area contributed by atoms with Crippen LogP contribution in [0.5, 0.6) is 11.6 Å². The Morgan fingerprint density at radius 2 is 2.00 bits per heavy atom. The number of hydrogen-bond acceptors (Lipinski definition) is 5.